The Labute approximate surface area is 187 Å². The molecule has 0 atom stereocenters. The van der Waals surface area contributed by atoms with Crippen LogP contribution < -0.4 is 24.4 Å². The zero-order chi connectivity index (χ0) is 22.7. The molecule has 0 saturated heterocycles. The number of methoxy groups -OCH3 is 2. The minimum atomic E-state index is 0.649. The molecule has 0 saturated carbocycles. The quantitative estimate of drug-likeness (QED) is 0.412. The smallest absolute Gasteiger partial charge is 0.146 e. The van der Waals surface area contributed by atoms with Crippen molar-refractivity contribution >= 4 is 28.1 Å². The van der Waals surface area contributed by atoms with Gasteiger partial charge in [0, 0.05) is 37.3 Å². The summed E-state index contributed by atoms with van der Waals surface area (Å²) in [5.41, 5.74) is 3.65. The van der Waals surface area contributed by atoms with Gasteiger partial charge in [0.1, 0.15) is 35.1 Å². The first kappa shape index (κ1) is 21.2. The summed E-state index contributed by atoms with van der Waals surface area (Å²) in [6.45, 7) is 2.00. The highest BCUT2D eigenvalue weighted by Gasteiger charge is 2.13. The molecule has 0 radical (unpaired) electrons. The normalized spacial score (nSPS) is 10.7. The first-order valence-electron chi connectivity index (χ1n) is 10.2. The highest BCUT2D eigenvalue weighted by Crippen LogP contribution is 2.37. The van der Waals surface area contributed by atoms with Crippen molar-refractivity contribution in [2.45, 2.75) is 6.92 Å². The minimum Gasteiger partial charge on any atom is -0.497 e. The van der Waals surface area contributed by atoms with Crippen molar-refractivity contribution in [1.82, 2.24) is 9.97 Å². The molecule has 164 valence electrons. The van der Waals surface area contributed by atoms with Gasteiger partial charge in [-0.25, -0.2) is 9.97 Å². The monoisotopic (exact) mass is 430 g/mol. The molecule has 4 rings (SSSR count). The van der Waals surface area contributed by atoms with Crippen molar-refractivity contribution in [1.29, 1.82) is 0 Å². The van der Waals surface area contributed by atoms with Crippen LogP contribution in [0.1, 0.15) is 5.56 Å². The molecule has 0 amide bonds. The number of ether oxygens (including phenoxy) is 3. The summed E-state index contributed by atoms with van der Waals surface area (Å²) in [5, 5.41) is 4.26. The number of benzene rings is 3. The Morgan fingerprint density at radius 2 is 1.56 bits per heavy atom. The third-order valence-electron chi connectivity index (χ3n) is 5.17. The van der Waals surface area contributed by atoms with Crippen LogP contribution in [-0.4, -0.2) is 38.3 Å². The third kappa shape index (κ3) is 4.37. The molecule has 32 heavy (non-hydrogen) atoms. The van der Waals surface area contributed by atoms with Gasteiger partial charge in [0.05, 0.1) is 25.4 Å². The van der Waals surface area contributed by atoms with E-state index in [2.05, 4.69) is 15.3 Å². The van der Waals surface area contributed by atoms with E-state index in [4.69, 9.17) is 14.2 Å². The van der Waals surface area contributed by atoms with Gasteiger partial charge in [-0.2, -0.15) is 0 Å². The topological polar surface area (TPSA) is 68.7 Å². The Kier molecular flexibility index (Phi) is 5.98. The Balaban J connectivity index is 1.63. The molecular weight excluding hydrogens is 404 g/mol. The number of aryl methyl sites for hydroxylation is 1. The van der Waals surface area contributed by atoms with Crippen LogP contribution in [0, 0.1) is 6.92 Å². The van der Waals surface area contributed by atoms with Crippen LogP contribution in [-0.2, 0) is 0 Å². The zero-order valence-corrected chi connectivity index (χ0v) is 18.8. The fourth-order valence-corrected chi connectivity index (χ4v) is 3.38. The highest BCUT2D eigenvalue weighted by molar-refractivity contribution is 5.92. The molecule has 0 aliphatic heterocycles. The summed E-state index contributed by atoms with van der Waals surface area (Å²) >= 11 is 0. The molecule has 0 bridgehead atoms. The van der Waals surface area contributed by atoms with Gasteiger partial charge in [-0.1, -0.05) is 0 Å². The average Bonchev–Trinajstić information content (AvgIpc) is 2.81. The van der Waals surface area contributed by atoms with Gasteiger partial charge in [0.2, 0.25) is 0 Å². The lowest BCUT2D eigenvalue weighted by molar-refractivity contribution is 0.410. The third-order valence-corrected chi connectivity index (χ3v) is 5.17. The van der Waals surface area contributed by atoms with Crippen molar-refractivity contribution in [3.8, 4) is 23.0 Å². The summed E-state index contributed by atoms with van der Waals surface area (Å²) in [6, 6.07) is 17.5. The van der Waals surface area contributed by atoms with E-state index in [1.165, 1.54) is 6.33 Å². The lowest BCUT2D eigenvalue weighted by atomic mass is 10.1. The second kappa shape index (κ2) is 9.01. The molecule has 3 aromatic carbocycles. The van der Waals surface area contributed by atoms with Crippen LogP contribution in [0.4, 0.5) is 17.2 Å². The van der Waals surface area contributed by atoms with Gasteiger partial charge in [-0.15, -0.1) is 0 Å². The number of fused-ring (bicyclic) bond motifs is 1. The van der Waals surface area contributed by atoms with Crippen LogP contribution in [0.5, 0.6) is 23.0 Å². The van der Waals surface area contributed by atoms with Crippen molar-refractivity contribution in [3.05, 3.63) is 66.5 Å². The molecule has 1 N–H and O–H groups in total. The number of nitrogens with one attached hydrogen (secondary N) is 1. The summed E-state index contributed by atoms with van der Waals surface area (Å²) in [5.74, 6) is 3.56. The number of nitrogens with zero attached hydrogens (tertiary/aromatic N) is 3. The SMILES string of the molecule is COc1ccc2c(Nc3cc(C)c(Oc4ccc(N(C)C)cc4)cc3OC)ncnc2c1. The summed E-state index contributed by atoms with van der Waals surface area (Å²) in [7, 11) is 7.28. The van der Waals surface area contributed by atoms with Crippen LogP contribution >= 0.6 is 0 Å². The van der Waals surface area contributed by atoms with Gasteiger partial charge in [-0.3, -0.25) is 0 Å². The fourth-order valence-electron chi connectivity index (χ4n) is 3.38. The summed E-state index contributed by atoms with van der Waals surface area (Å²) in [6.07, 6.45) is 1.53. The lowest BCUT2D eigenvalue weighted by Gasteiger charge is -2.17. The van der Waals surface area contributed by atoms with E-state index in [0.29, 0.717) is 11.6 Å². The minimum absolute atomic E-state index is 0.649. The average molecular weight is 431 g/mol. The predicted octanol–water partition coefficient (Wildman–Crippen LogP) is 5.56. The van der Waals surface area contributed by atoms with E-state index in [-0.39, 0.29) is 0 Å². The van der Waals surface area contributed by atoms with Crippen LogP contribution in [0.3, 0.4) is 0 Å². The second-order valence-electron chi connectivity index (χ2n) is 7.54. The van der Waals surface area contributed by atoms with Gasteiger partial charge >= 0.3 is 0 Å². The Hall–Kier alpha value is -4.00. The first-order chi connectivity index (χ1) is 15.5. The highest BCUT2D eigenvalue weighted by atomic mass is 16.5. The zero-order valence-electron chi connectivity index (χ0n) is 18.8. The first-order valence-corrected chi connectivity index (χ1v) is 10.2. The van der Waals surface area contributed by atoms with Crippen LogP contribution in [0.15, 0.2) is 60.9 Å². The van der Waals surface area contributed by atoms with E-state index in [9.17, 15) is 0 Å². The largest absolute Gasteiger partial charge is 0.497 e. The standard InChI is InChI=1S/C25H26N4O3/c1-16-12-22(28-25-20-11-10-19(30-4)13-21(20)26-15-27-25)24(31-5)14-23(16)32-18-8-6-17(7-9-18)29(2)3/h6-15H,1-5H3,(H,26,27,28). The van der Waals surface area contributed by atoms with Crippen LogP contribution in [0.2, 0.25) is 0 Å². The maximum atomic E-state index is 6.12. The number of hydrogen-bond donors (Lipinski definition) is 1. The Morgan fingerprint density at radius 1 is 0.812 bits per heavy atom. The lowest BCUT2D eigenvalue weighted by Crippen LogP contribution is -2.07. The molecule has 7 nitrogen and oxygen atoms in total. The maximum Gasteiger partial charge on any atom is 0.146 e. The van der Waals surface area contributed by atoms with Gasteiger partial charge < -0.3 is 24.4 Å². The van der Waals surface area contributed by atoms with Crippen molar-refractivity contribution in [2.75, 3.05) is 38.5 Å². The molecule has 1 heterocycles. The molecule has 7 heteroatoms. The molecule has 0 fully saturated rings. The van der Waals surface area contributed by atoms with Gasteiger partial charge in [0.25, 0.3) is 0 Å². The van der Waals surface area contributed by atoms with E-state index in [1.807, 2.05) is 80.5 Å². The predicted molar refractivity (Wildman–Crippen MR) is 128 cm³/mol. The number of rotatable bonds is 7. The van der Waals surface area contributed by atoms with E-state index < -0.39 is 0 Å². The number of aromatic nitrogens is 2. The second-order valence-corrected chi connectivity index (χ2v) is 7.54. The molecule has 1 aromatic heterocycles. The molecular formula is C25H26N4O3. The van der Waals surface area contributed by atoms with Gasteiger partial charge in [0.15, 0.2) is 0 Å². The fraction of sp³-hybridized carbons (Fsp3) is 0.200. The van der Waals surface area contributed by atoms with E-state index in [1.54, 1.807) is 14.2 Å². The van der Waals surface area contributed by atoms with Crippen molar-refractivity contribution in [2.24, 2.45) is 0 Å². The molecule has 0 unspecified atom stereocenters. The van der Waals surface area contributed by atoms with Crippen molar-refractivity contribution < 1.29 is 14.2 Å². The number of hydrogen-bond acceptors (Lipinski definition) is 7. The summed E-state index contributed by atoms with van der Waals surface area (Å²) < 4.78 is 17.1. The molecule has 4 aromatic rings. The molecule has 0 aliphatic rings. The maximum absolute atomic E-state index is 6.12. The number of anilines is 3. The Morgan fingerprint density at radius 3 is 2.25 bits per heavy atom. The van der Waals surface area contributed by atoms with E-state index in [0.717, 1.165) is 45.1 Å². The Bertz CT molecular complexity index is 1240. The molecule has 0 aliphatic carbocycles. The van der Waals surface area contributed by atoms with Crippen LogP contribution in [0.25, 0.3) is 10.9 Å². The van der Waals surface area contributed by atoms with E-state index >= 15 is 0 Å². The molecule has 0 spiro atoms. The van der Waals surface area contributed by atoms with Crippen molar-refractivity contribution in [3.63, 3.8) is 0 Å². The van der Waals surface area contributed by atoms with Gasteiger partial charge in [-0.05, 0) is 55.0 Å². The summed E-state index contributed by atoms with van der Waals surface area (Å²) in [4.78, 5) is 10.8.